The van der Waals surface area contributed by atoms with Gasteiger partial charge in [-0.1, -0.05) is 17.7 Å². The van der Waals surface area contributed by atoms with Crippen molar-refractivity contribution in [1.82, 2.24) is 4.90 Å². The highest BCUT2D eigenvalue weighted by Gasteiger charge is 2.47. The van der Waals surface area contributed by atoms with Crippen molar-refractivity contribution in [3.05, 3.63) is 28.8 Å². The molecule has 0 fully saturated rings. The molecule has 0 aliphatic carbocycles. The zero-order chi connectivity index (χ0) is 14.2. The van der Waals surface area contributed by atoms with Crippen molar-refractivity contribution in [2.45, 2.75) is 12.5 Å². The average Bonchev–Trinajstić information content (AvgIpc) is 2.68. The van der Waals surface area contributed by atoms with Gasteiger partial charge < -0.3 is 9.47 Å². The molecule has 1 aromatic carbocycles. The molecule has 0 atom stereocenters. The van der Waals surface area contributed by atoms with Gasteiger partial charge in [0.15, 0.2) is 0 Å². The molecule has 0 bridgehead atoms. The van der Waals surface area contributed by atoms with E-state index in [-0.39, 0.29) is 5.91 Å². The molecule has 104 valence electrons. The Labute approximate surface area is 117 Å². The van der Waals surface area contributed by atoms with Gasteiger partial charge >= 0.3 is 6.03 Å². The highest BCUT2D eigenvalue weighted by Crippen LogP contribution is 2.37. The van der Waals surface area contributed by atoms with E-state index in [0.717, 1.165) is 11.3 Å². The minimum Gasteiger partial charge on any atom is -0.323 e. The number of fused-ring (bicyclic) bond motifs is 1. The van der Waals surface area contributed by atoms with Crippen molar-refractivity contribution >= 4 is 23.2 Å². The van der Waals surface area contributed by atoms with Gasteiger partial charge in [0.1, 0.15) is 0 Å². The molecule has 0 saturated heterocycles. The van der Waals surface area contributed by atoms with Crippen LogP contribution in [0.25, 0.3) is 0 Å². The lowest BCUT2D eigenvalue weighted by Gasteiger charge is -2.42. The van der Waals surface area contributed by atoms with Gasteiger partial charge in [0.25, 0.3) is 0 Å². The third-order valence-electron chi connectivity index (χ3n) is 3.26. The van der Waals surface area contributed by atoms with Crippen LogP contribution in [0.15, 0.2) is 18.2 Å². The Hall–Kier alpha value is -1.14. The van der Waals surface area contributed by atoms with Crippen molar-refractivity contribution in [2.24, 2.45) is 0 Å². The van der Waals surface area contributed by atoms with E-state index in [1.54, 1.807) is 31.1 Å². The number of carbonyl (C=O) groups excluding carboxylic acids is 1. The predicted octanol–water partition coefficient (Wildman–Crippen LogP) is 1.69. The van der Waals surface area contributed by atoms with Crippen LogP contribution < -0.4 is 4.90 Å². The minimum atomic E-state index is -1.27. The normalized spacial score (nSPS) is 15.3. The van der Waals surface area contributed by atoms with Crippen LogP contribution >= 0.6 is 11.6 Å². The fourth-order valence-corrected chi connectivity index (χ4v) is 2.58. The largest absolute Gasteiger partial charge is 0.325 e. The summed E-state index contributed by atoms with van der Waals surface area (Å²) in [7, 11) is 6.56. The minimum absolute atomic E-state index is 0.0883. The average molecular weight is 285 g/mol. The van der Waals surface area contributed by atoms with Gasteiger partial charge in [-0.3, -0.25) is 4.79 Å². The summed E-state index contributed by atoms with van der Waals surface area (Å²) in [4.78, 5) is 15.5. The van der Waals surface area contributed by atoms with E-state index in [0.29, 0.717) is 11.4 Å². The van der Waals surface area contributed by atoms with Gasteiger partial charge in [-0.2, -0.15) is 0 Å². The summed E-state index contributed by atoms with van der Waals surface area (Å²) < 4.78 is 10.9. The fraction of sp³-hybridized carbons (Fsp3) is 0.462. The predicted molar refractivity (Wildman–Crippen MR) is 73.1 cm³/mol. The summed E-state index contributed by atoms with van der Waals surface area (Å²) in [6.45, 7) is 0. The Morgan fingerprint density at radius 3 is 2.47 bits per heavy atom. The molecule has 0 spiro atoms. The summed E-state index contributed by atoms with van der Waals surface area (Å²) >= 11 is 6.02. The van der Waals surface area contributed by atoms with Gasteiger partial charge in [0.05, 0.1) is 12.1 Å². The maximum Gasteiger partial charge on any atom is 0.325 e. The first-order valence-corrected chi connectivity index (χ1v) is 6.23. The van der Waals surface area contributed by atoms with Crippen LogP contribution in [-0.2, 0) is 20.7 Å². The molecule has 0 N–H and O–H groups in total. The van der Waals surface area contributed by atoms with Crippen molar-refractivity contribution in [3.63, 3.8) is 0 Å². The van der Waals surface area contributed by atoms with Crippen LogP contribution in [0.3, 0.4) is 0 Å². The van der Waals surface area contributed by atoms with Gasteiger partial charge in [0.2, 0.25) is 5.91 Å². The van der Waals surface area contributed by atoms with Gasteiger partial charge in [0, 0.05) is 19.2 Å². The first-order valence-electron chi connectivity index (χ1n) is 5.85. The lowest BCUT2D eigenvalue weighted by Crippen LogP contribution is -2.62. The van der Waals surface area contributed by atoms with E-state index < -0.39 is 6.03 Å². The molecular weight excluding hydrogens is 268 g/mol. The van der Waals surface area contributed by atoms with Crippen LogP contribution in [0.2, 0.25) is 5.02 Å². The van der Waals surface area contributed by atoms with Gasteiger partial charge in [-0.25, -0.2) is 9.80 Å². The zero-order valence-electron chi connectivity index (χ0n) is 11.4. The van der Waals surface area contributed by atoms with Crippen LogP contribution in [0, 0.1) is 0 Å². The topological polar surface area (TPSA) is 42.0 Å². The summed E-state index contributed by atoms with van der Waals surface area (Å²) in [5.41, 5.74) is 1.63. The van der Waals surface area contributed by atoms with E-state index >= 15 is 0 Å². The Bertz CT molecular complexity index is 501. The second-order valence-electron chi connectivity index (χ2n) is 4.53. The molecule has 0 saturated carbocycles. The van der Waals surface area contributed by atoms with E-state index in [1.807, 2.05) is 6.07 Å². The molecule has 19 heavy (non-hydrogen) atoms. The SMILES string of the molecule is COC(OC)(N(C)C)N1C(=O)Cc2ccc(Cl)cc21. The molecule has 0 aromatic heterocycles. The summed E-state index contributed by atoms with van der Waals surface area (Å²) in [6, 6.07) is 4.10. The smallest absolute Gasteiger partial charge is 0.323 e. The number of anilines is 1. The standard InChI is InChI=1S/C13H17ClN2O3/c1-15(2)13(18-3,19-4)16-11-8-10(14)6-5-9(11)7-12(16)17/h5-6,8H,7H2,1-4H3. The third kappa shape index (κ3) is 2.12. The Kier molecular flexibility index (Phi) is 3.82. The number of ether oxygens (including phenoxy) is 2. The first-order chi connectivity index (χ1) is 8.96. The zero-order valence-corrected chi connectivity index (χ0v) is 12.2. The maximum absolute atomic E-state index is 12.3. The molecule has 1 aromatic rings. The number of carbonyl (C=O) groups is 1. The molecule has 1 aliphatic heterocycles. The molecule has 1 aliphatic rings. The summed E-state index contributed by atoms with van der Waals surface area (Å²) in [5.74, 6) is -0.0883. The van der Waals surface area contributed by atoms with Crippen LogP contribution in [0.1, 0.15) is 5.56 Å². The highest BCUT2D eigenvalue weighted by atomic mass is 35.5. The first kappa shape index (κ1) is 14.3. The number of methoxy groups -OCH3 is 2. The molecule has 5 nitrogen and oxygen atoms in total. The molecule has 1 amide bonds. The number of hydrogen-bond acceptors (Lipinski definition) is 4. The number of halogens is 1. The Morgan fingerprint density at radius 1 is 1.32 bits per heavy atom. The summed E-state index contributed by atoms with van der Waals surface area (Å²) in [6.07, 6.45) is 0.314. The second kappa shape index (κ2) is 5.09. The molecule has 6 heteroatoms. The number of nitrogens with zero attached hydrogens (tertiary/aromatic N) is 2. The monoisotopic (exact) mass is 284 g/mol. The van der Waals surface area contributed by atoms with Crippen molar-refractivity contribution in [2.75, 3.05) is 33.2 Å². The lowest BCUT2D eigenvalue weighted by atomic mass is 10.2. The highest BCUT2D eigenvalue weighted by molar-refractivity contribution is 6.31. The summed E-state index contributed by atoms with van der Waals surface area (Å²) in [5, 5.41) is 0.568. The number of hydrogen-bond donors (Lipinski definition) is 0. The quantitative estimate of drug-likeness (QED) is 0.789. The Balaban J connectivity index is 2.56. The second-order valence-corrected chi connectivity index (χ2v) is 4.97. The van der Waals surface area contributed by atoms with Crippen molar-refractivity contribution in [1.29, 1.82) is 0 Å². The fourth-order valence-electron chi connectivity index (χ4n) is 2.41. The molecular formula is C13H17ClN2O3. The van der Waals surface area contributed by atoms with E-state index in [9.17, 15) is 4.79 Å². The van der Waals surface area contributed by atoms with E-state index in [4.69, 9.17) is 21.1 Å². The van der Waals surface area contributed by atoms with Crippen molar-refractivity contribution in [3.8, 4) is 0 Å². The van der Waals surface area contributed by atoms with Crippen molar-refractivity contribution < 1.29 is 14.3 Å². The molecule has 2 rings (SSSR count). The van der Waals surface area contributed by atoms with Crippen LogP contribution in [-0.4, -0.2) is 45.2 Å². The number of benzene rings is 1. The van der Waals surface area contributed by atoms with Gasteiger partial charge in [-0.15, -0.1) is 0 Å². The van der Waals surface area contributed by atoms with Crippen LogP contribution in [0.5, 0.6) is 0 Å². The van der Waals surface area contributed by atoms with E-state index in [1.165, 1.54) is 19.1 Å². The van der Waals surface area contributed by atoms with Gasteiger partial charge in [-0.05, 0) is 31.8 Å². The Morgan fingerprint density at radius 2 is 1.95 bits per heavy atom. The molecule has 0 radical (unpaired) electrons. The number of amides is 1. The van der Waals surface area contributed by atoms with Crippen LogP contribution in [0.4, 0.5) is 5.69 Å². The third-order valence-corrected chi connectivity index (χ3v) is 3.49. The molecule has 1 heterocycles. The lowest BCUT2D eigenvalue weighted by molar-refractivity contribution is -0.279. The van der Waals surface area contributed by atoms with E-state index in [2.05, 4.69) is 0 Å². The molecule has 0 unspecified atom stereocenters. The number of rotatable bonds is 4. The maximum atomic E-state index is 12.3.